The fourth-order valence-electron chi connectivity index (χ4n) is 1.39. The molecule has 6 heteroatoms. The van der Waals surface area contributed by atoms with Crippen LogP contribution in [0.25, 0.3) is 0 Å². The van der Waals surface area contributed by atoms with Crippen LogP contribution in [0, 0.1) is 11.6 Å². The van der Waals surface area contributed by atoms with E-state index < -0.39 is 23.1 Å². The highest BCUT2D eigenvalue weighted by Gasteiger charge is 2.16. The summed E-state index contributed by atoms with van der Waals surface area (Å²) in [7, 11) is 5.37. The second-order valence-electron chi connectivity index (χ2n) is 3.52. The fraction of sp³-hybridized carbons (Fsp3) is 0. The molecule has 88 valence electrons. The quantitative estimate of drug-likeness (QED) is 0.811. The van der Waals surface area contributed by atoms with E-state index in [-0.39, 0.29) is 5.59 Å². The van der Waals surface area contributed by atoms with Crippen LogP contribution in [0.1, 0.15) is 10.4 Å². The molecule has 0 atom stereocenters. The third-order valence-electron chi connectivity index (χ3n) is 2.23. The van der Waals surface area contributed by atoms with Gasteiger partial charge in [-0.15, -0.1) is 0 Å². The van der Waals surface area contributed by atoms with Crippen molar-refractivity contribution < 1.29 is 13.6 Å². The van der Waals surface area contributed by atoms with Gasteiger partial charge in [-0.05, 0) is 29.9 Å². The molecule has 2 rings (SSSR count). The molecular weight excluding hydrogens is 237 g/mol. The molecule has 0 aliphatic heterocycles. The monoisotopic (exact) mass is 244 g/mol. The number of aromatic nitrogens is 1. The SMILES string of the molecule is [B]c1ccc(NC(=O)c2c(F)cccc2F)cn1. The predicted molar refractivity (Wildman–Crippen MR) is 63.9 cm³/mol. The zero-order chi connectivity index (χ0) is 13.1. The molecular formula is C12H7BF2N2O. The van der Waals surface area contributed by atoms with Crippen molar-refractivity contribution in [1.82, 2.24) is 4.98 Å². The summed E-state index contributed by atoms with van der Waals surface area (Å²) in [5, 5.41) is 2.33. The molecule has 0 saturated heterocycles. The van der Waals surface area contributed by atoms with E-state index in [4.69, 9.17) is 7.85 Å². The van der Waals surface area contributed by atoms with Crippen LogP contribution in [0.2, 0.25) is 0 Å². The summed E-state index contributed by atoms with van der Waals surface area (Å²) < 4.78 is 26.7. The van der Waals surface area contributed by atoms with E-state index in [1.165, 1.54) is 24.4 Å². The van der Waals surface area contributed by atoms with Gasteiger partial charge in [-0.25, -0.2) is 8.78 Å². The lowest BCUT2D eigenvalue weighted by atomic mass is 10.0. The van der Waals surface area contributed by atoms with E-state index >= 15 is 0 Å². The first kappa shape index (κ1) is 12.2. The van der Waals surface area contributed by atoms with Crippen LogP contribution in [-0.2, 0) is 0 Å². The van der Waals surface area contributed by atoms with Gasteiger partial charge in [-0.3, -0.25) is 9.78 Å². The van der Waals surface area contributed by atoms with Crippen molar-refractivity contribution in [3.05, 3.63) is 53.7 Å². The smallest absolute Gasteiger partial charge is 0.261 e. The maximum absolute atomic E-state index is 13.3. The number of hydrogen-bond acceptors (Lipinski definition) is 2. The number of carbonyl (C=O) groups is 1. The minimum Gasteiger partial charge on any atom is -0.320 e. The largest absolute Gasteiger partial charge is 0.320 e. The van der Waals surface area contributed by atoms with E-state index in [2.05, 4.69) is 10.3 Å². The number of anilines is 1. The summed E-state index contributed by atoms with van der Waals surface area (Å²) in [6.45, 7) is 0. The van der Waals surface area contributed by atoms with Gasteiger partial charge in [0, 0.05) is 6.20 Å². The lowest BCUT2D eigenvalue weighted by Crippen LogP contribution is -2.17. The number of pyridine rings is 1. The average molecular weight is 244 g/mol. The van der Waals surface area contributed by atoms with Gasteiger partial charge in [-0.2, -0.15) is 0 Å². The fourth-order valence-corrected chi connectivity index (χ4v) is 1.39. The number of amides is 1. The minimum atomic E-state index is -0.920. The second-order valence-corrected chi connectivity index (χ2v) is 3.52. The number of nitrogens with one attached hydrogen (secondary N) is 1. The minimum absolute atomic E-state index is 0.282. The standard InChI is InChI=1S/C12H7BF2N2O/c13-10-5-4-7(6-16-10)17-12(18)11-8(14)2-1-3-9(11)15/h1-6H,(H,17,18). The van der Waals surface area contributed by atoms with E-state index in [1.807, 2.05) is 0 Å². The highest BCUT2D eigenvalue weighted by molar-refractivity contribution is 6.30. The van der Waals surface area contributed by atoms with Gasteiger partial charge in [0.05, 0.1) is 5.69 Å². The Hall–Kier alpha value is -2.24. The van der Waals surface area contributed by atoms with Crippen molar-refractivity contribution in [2.24, 2.45) is 0 Å². The number of hydrogen-bond donors (Lipinski definition) is 1. The Bertz CT molecular complexity index is 567. The van der Waals surface area contributed by atoms with Gasteiger partial charge in [-0.1, -0.05) is 6.07 Å². The van der Waals surface area contributed by atoms with Crippen LogP contribution in [-0.4, -0.2) is 18.7 Å². The van der Waals surface area contributed by atoms with Crippen LogP contribution in [0.5, 0.6) is 0 Å². The molecule has 18 heavy (non-hydrogen) atoms. The first-order valence-electron chi connectivity index (χ1n) is 5.05. The Labute approximate surface area is 103 Å². The third kappa shape index (κ3) is 2.53. The molecule has 3 nitrogen and oxygen atoms in total. The Morgan fingerprint density at radius 2 is 1.83 bits per heavy atom. The highest BCUT2D eigenvalue weighted by atomic mass is 19.1. The van der Waals surface area contributed by atoms with Crippen LogP contribution < -0.4 is 10.9 Å². The zero-order valence-corrected chi connectivity index (χ0v) is 9.15. The lowest BCUT2D eigenvalue weighted by molar-refractivity contribution is 0.101. The number of carbonyl (C=O) groups excluding carboxylic acids is 1. The van der Waals surface area contributed by atoms with Crippen molar-refractivity contribution in [3.63, 3.8) is 0 Å². The van der Waals surface area contributed by atoms with Crippen molar-refractivity contribution in [3.8, 4) is 0 Å². The van der Waals surface area contributed by atoms with E-state index in [1.54, 1.807) is 0 Å². The lowest BCUT2D eigenvalue weighted by Gasteiger charge is -2.06. The Balaban J connectivity index is 2.25. The van der Waals surface area contributed by atoms with Crippen LogP contribution in [0.15, 0.2) is 36.5 Å². The van der Waals surface area contributed by atoms with Gasteiger partial charge >= 0.3 is 0 Å². The first-order valence-corrected chi connectivity index (χ1v) is 5.05. The molecule has 1 heterocycles. The van der Waals surface area contributed by atoms with Crippen molar-refractivity contribution in [2.75, 3.05) is 5.32 Å². The molecule has 1 aromatic carbocycles. The van der Waals surface area contributed by atoms with Crippen molar-refractivity contribution >= 4 is 25.0 Å². The Morgan fingerprint density at radius 1 is 1.17 bits per heavy atom. The maximum atomic E-state index is 13.3. The Kier molecular flexibility index (Phi) is 3.37. The number of benzene rings is 1. The average Bonchev–Trinajstić information content (AvgIpc) is 2.32. The normalized spacial score (nSPS) is 10.1. The zero-order valence-electron chi connectivity index (χ0n) is 9.15. The molecule has 1 aromatic heterocycles. The third-order valence-corrected chi connectivity index (χ3v) is 2.23. The molecule has 0 saturated carbocycles. The maximum Gasteiger partial charge on any atom is 0.261 e. The van der Waals surface area contributed by atoms with E-state index in [0.29, 0.717) is 5.69 Å². The number of halogens is 2. The van der Waals surface area contributed by atoms with Gasteiger partial charge < -0.3 is 5.32 Å². The predicted octanol–water partition coefficient (Wildman–Crippen LogP) is 1.41. The molecule has 0 bridgehead atoms. The highest BCUT2D eigenvalue weighted by Crippen LogP contribution is 2.14. The van der Waals surface area contributed by atoms with Crippen LogP contribution in [0.4, 0.5) is 14.5 Å². The molecule has 2 aromatic rings. The molecule has 2 radical (unpaired) electrons. The van der Waals surface area contributed by atoms with Crippen LogP contribution >= 0.6 is 0 Å². The summed E-state index contributed by atoms with van der Waals surface area (Å²) in [6.07, 6.45) is 1.30. The second kappa shape index (κ2) is 4.95. The summed E-state index contributed by atoms with van der Waals surface area (Å²) in [5.74, 6) is -2.72. The molecule has 0 aliphatic carbocycles. The van der Waals surface area contributed by atoms with Gasteiger partial charge in [0.15, 0.2) is 0 Å². The number of rotatable bonds is 2. The molecule has 0 aliphatic rings. The molecule has 0 spiro atoms. The molecule has 1 N–H and O–H groups in total. The summed E-state index contributed by atoms with van der Waals surface area (Å²) >= 11 is 0. The van der Waals surface area contributed by atoms with E-state index in [9.17, 15) is 13.6 Å². The van der Waals surface area contributed by atoms with Gasteiger partial charge in [0.25, 0.3) is 5.91 Å². The van der Waals surface area contributed by atoms with Gasteiger partial charge in [0.2, 0.25) is 0 Å². The van der Waals surface area contributed by atoms with Crippen LogP contribution in [0.3, 0.4) is 0 Å². The summed E-state index contributed by atoms with van der Waals surface area (Å²) in [4.78, 5) is 15.4. The van der Waals surface area contributed by atoms with Gasteiger partial charge in [0.1, 0.15) is 25.0 Å². The Morgan fingerprint density at radius 3 is 2.39 bits per heavy atom. The summed E-state index contributed by atoms with van der Waals surface area (Å²) in [5.41, 5.74) is -0.0451. The first-order chi connectivity index (χ1) is 8.58. The molecule has 0 fully saturated rings. The van der Waals surface area contributed by atoms with E-state index in [0.717, 1.165) is 12.1 Å². The topological polar surface area (TPSA) is 42.0 Å². The summed E-state index contributed by atoms with van der Waals surface area (Å²) in [6, 6.07) is 6.16. The van der Waals surface area contributed by atoms with Crippen molar-refractivity contribution in [2.45, 2.75) is 0 Å². The van der Waals surface area contributed by atoms with Crippen molar-refractivity contribution in [1.29, 1.82) is 0 Å². The molecule has 1 amide bonds. The molecule has 0 unspecified atom stereocenters. The number of nitrogens with zero attached hydrogens (tertiary/aromatic N) is 1.